The smallest absolute Gasteiger partial charge is 0.168 e. The molecule has 0 aliphatic heterocycles. The fourth-order valence-electron chi connectivity index (χ4n) is 1.13. The van der Waals surface area contributed by atoms with Crippen LogP contribution in [0, 0.1) is 11.6 Å². The van der Waals surface area contributed by atoms with E-state index in [0.29, 0.717) is 12.1 Å². The first kappa shape index (κ1) is 13.7. The summed E-state index contributed by atoms with van der Waals surface area (Å²) in [4.78, 5) is 0. The Morgan fingerprint density at radius 1 is 1.29 bits per heavy atom. The maximum absolute atomic E-state index is 13.1. The quantitative estimate of drug-likeness (QED) is 0.820. The van der Waals surface area contributed by atoms with Crippen molar-refractivity contribution in [2.45, 2.75) is 6.42 Å². The Morgan fingerprint density at radius 2 is 1.94 bits per heavy atom. The number of phenols is 1. The molecule has 17 heavy (non-hydrogen) atoms. The summed E-state index contributed by atoms with van der Waals surface area (Å²) in [7, 11) is -3.09. The van der Waals surface area contributed by atoms with E-state index in [4.69, 9.17) is 9.84 Å². The second-order valence-electron chi connectivity index (χ2n) is 3.57. The first-order valence-electron chi connectivity index (χ1n) is 4.78. The molecule has 4 nitrogen and oxygen atoms in total. The van der Waals surface area contributed by atoms with E-state index in [0.717, 1.165) is 6.26 Å². The molecule has 0 bridgehead atoms. The summed E-state index contributed by atoms with van der Waals surface area (Å²) in [5.41, 5.74) is 0. The van der Waals surface area contributed by atoms with Gasteiger partial charge < -0.3 is 9.84 Å². The molecule has 0 amide bonds. The molecule has 1 aromatic rings. The minimum absolute atomic E-state index is 0.0474. The highest BCUT2D eigenvalue weighted by molar-refractivity contribution is 7.90. The van der Waals surface area contributed by atoms with E-state index >= 15 is 0 Å². The van der Waals surface area contributed by atoms with Crippen LogP contribution in [0.15, 0.2) is 12.1 Å². The van der Waals surface area contributed by atoms with Gasteiger partial charge in [-0.2, -0.15) is 0 Å². The van der Waals surface area contributed by atoms with Crippen LogP contribution < -0.4 is 4.74 Å². The summed E-state index contributed by atoms with van der Waals surface area (Å²) in [6, 6.07) is 1.31. The lowest BCUT2D eigenvalue weighted by Gasteiger charge is -2.07. The Hall–Kier alpha value is -1.37. The maximum Gasteiger partial charge on any atom is 0.168 e. The van der Waals surface area contributed by atoms with Gasteiger partial charge in [-0.25, -0.2) is 17.2 Å². The van der Waals surface area contributed by atoms with Crippen molar-refractivity contribution in [1.29, 1.82) is 0 Å². The van der Waals surface area contributed by atoms with Crippen LogP contribution in [-0.4, -0.2) is 32.1 Å². The van der Waals surface area contributed by atoms with Gasteiger partial charge in [-0.15, -0.1) is 0 Å². The topological polar surface area (TPSA) is 63.6 Å². The molecular weight excluding hydrogens is 254 g/mol. The van der Waals surface area contributed by atoms with Gasteiger partial charge in [0.15, 0.2) is 23.1 Å². The van der Waals surface area contributed by atoms with Gasteiger partial charge in [-0.3, -0.25) is 0 Å². The van der Waals surface area contributed by atoms with Gasteiger partial charge in [0, 0.05) is 18.4 Å². The normalized spacial score (nSPS) is 11.5. The lowest BCUT2D eigenvalue weighted by atomic mass is 10.3. The van der Waals surface area contributed by atoms with Crippen molar-refractivity contribution >= 4 is 9.84 Å². The average Bonchev–Trinajstić information content (AvgIpc) is 2.18. The highest BCUT2D eigenvalue weighted by Gasteiger charge is 2.10. The predicted molar refractivity (Wildman–Crippen MR) is 57.8 cm³/mol. The van der Waals surface area contributed by atoms with Gasteiger partial charge >= 0.3 is 0 Å². The first-order valence-corrected chi connectivity index (χ1v) is 6.84. The summed E-state index contributed by atoms with van der Waals surface area (Å²) < 4.78 is 52.4. The average molecular weight is 266 g/mol. The Labute approximate surface area is 97.8 Å². The number of benzene rings is 1. The molecule has 1 rings (SSSR count). The van der Waals surface area contributed by atoms with Gasteiger partial charge in [-0.1, -0.05) is 0 Å². The van der Waals surface area contributed by atoms with Crippen LogP contribution in [0.25, 0.3) is 0 Å². The van der Waals surface area contributed by atoms with E-state index in [1.807, 2.05) is 0 Å². The van der Waals surface area contributed by atoms with Crippen LogP contribution in [0.1, 0.15) is 6.42 Å². The second-order valence-corrected chi connectivity index (χ2v) is 5.83. The SMILES string of the molecule is CS(=O)(=O)CCCOc1cc(F)c(O)cc1F. The predicted octanol–water partition coefficient (Wildman–Crippen LogP) is 1.48. The summed E-state index contributed by atoms with van der Waals surface area (Å²) in [6.45, 7) is -0.0474. The highest BCUT2D eigenvalue weighted by atomic mass is 32.2. The molecular formula is C10H12F2O4S. The van der Waals surface area contributed by atoms with E-state index < -0.39 is 27.2 Å². The molecule has 0 spiro atoms. The molecule has 96 valence electrons. The summed E-state index contributed by atoms with van der Waals surface area (Å²) in [5.74, 6) is -3.14. The zero-order chi connectivity index (χ0) is 13.1. The lowest BCUT2D eigenvalue weighted by molar-refractivity contribution is 0.297. The molecule has 0 heterocycles. The van der Waals surface area contributed by atoms with Crippen molar-refractivity contribution in [3.05, 3.63) is 23.8 Å². The van der Waals surface area contributed by atoms with Crippen molar-refractivity contribution in [3.63, 3.8) is 0 Å². The third-order valence-electron chi connectivity index (χ3n) is 1.92. The van der Waals surface area contributed by atoms with E-state index in [2.05, 4.69) is 0 Å². The van der Waals surface area contributed by atoms with Crippen LogP contribution in [0.3, 0.4) is 0 Å². The number of halogens is 2. The molecule has 0 fully saturated rings. The number of phenolic OH excluding ortho intramolecular Hbond substituents is 1. The molecule has 0 unspecified atom stereocenters. The summed E-state index contributed by atoms with van der Waals surface area (Å²) >= 11 is 0. The van der Waals surface area contributed by atoms with E-state index in [1.54, 1.807) is 0 Å². The van der Waals surface area contributed by atoms with Crippen LogP contribution in [0.4, 0.5) is 8.78 Å². The minimum Gasteiger partial charge on any atom is -0.505 e. The van der Waals surface area contributed by atoms with Gasteiger partial charge in [0.1, 0.15) is 9.84 Å². The molecule has 0 aliphatic rings. The Morgan fingerprint density at radius 3 is 2.53 bits per heavy atom. The van der Waals surface area contributed by atoms with Crippen molar-refractivity contribution in [2.75, 3.05) is 18.6 Å². The van der Waals surface area contributed by atoms with Gasteiger partial charge in [-0.05, 0) is 6.42 Å². The summed E-state index contributed by atoms with van der Waals surface area (Å²) in [6.07, 6.45) is 1.26. The Kier molecular flexibility index (Phi) is 4.28. The largest absolute Gasteiger partial charge is 0.505 e. The molecule has 1 aromatic carbocycles. The zero-order valence-electron chi connectivity index (χ0n) is 9.11. The second kappa shape index (κ2) is 5.31. The molecule has 0 aliphatic carbocycles. The molecule has 0 saturated carbocycles. The minimum atomic E-state index is -3.09. The van der Waals surface area contributed by atoms with Crippen LogP contribution >= 0.6 is 0 Å². The standard InChI is InChI=1S/C10H12F2O4S/c1-17(14,15)4-2-3-16-10-6-7(11)9(13)5-8(10)12/h5-6,13H,2-4H2,1H3. The van der Waals surface area contributed by atoms with Crippen molar-refractivity contribution in [1.82, 2.24) is 0 Å². The third-order valence-corrected chi connectivity index (χ3v) is 2.95. The number of aromatic hydroxyl groups is 1. The molecule has 1 N–H and O–H groups in total. The van der Waals surface area contributed by atoms with Gasteiger partial charge in [0.25, 0.3) is 0 Å². The van der Waals surface area contributed by atoms with E-state index in [-0.39, 0.29) is 24.5 Å². The molecule has 7 heteroatoms. The third kappa shape index (κ3) is 4.56. The van der Waals surface area contributed by atoms with Crippen LogP contribution in [0.5, 0.6) is 11.5 Å². The first-order chi connectivity index (χ1) is 7.79. The maximum atomic E-state index is 13.1. The molecule has 0 saturated heterocycles. The van der Waals surface area contributed by atoms with Crippen LogP contribution in [0.2, 0.25) is 0 Å². The number of hydrogen-bond acceptors (Lipinski definition) is 4. The number of sulfone groups is 1. The Bertz CT molecular complexity index is 499. The van der Waals surface area contributed by atoms with Crippen molar-refractivity contribution in [2.24, 2.45) is 0 Å². The van der Waals surface area contributed by atoms with Crippen molar-refractivity contribution in [3.8, 4) is 11.5 Å². The number of hydrogen-bond donors (Lipinski definition) is 1. The van der Waals surface area contributed by atoms with E-state index in [9.17, 15) is 17.2 Å². The fourth-order valence-corrected chi connectivity index (χ4v) is 1.77. The molecule has 0 aromatic heterocycles. The van der Waals surface area contributed by atoms with Gasteiger partial charge in [0.05, 0.1) is 12.4 Å². The molecule has 0 atom stereocenters. The van der Waals surface area contributed by atoms with E-state index in [1.165, 1.54) is 0 Å². The number of ether oxygens (including phenoxy) is 1. The van der Waals surface area contributed by atoms with Gasteiger partial charge in [0.2, 0.25) is 0 Å². The highest BCUT2D eigenvalue weighted by Crippen LogP contribution is 2.25. The Balaban J connectivity index is 2.55. The zero-order valence-corrected chi connectivity index (χ0v) is 9.93. The fraction of sp³-hybridized carbons (Fsp3) is 0.400. The number of rotatable bonds is 5. The van der Waals surface area contributed by atoms with Crippen molar-refractivity contribution < 1.29 is 27.0 Å². The summed E-state index contributed by atoms with van der Waals surface area (Å²) in [5, 5.41) is 8.85. The van der Waals surface area contributed by atoms with Crippen LogP contribution in [-0.2, 0) is 9.84 Å². The monoisotopic (exact) mass is 266 g/mol. The molecule has 0 radical (unpaired) electrons. The lowest BCUT2D eigenvalue weighted by Crippen LogP contribution is -2.08.